The molecule has 5 rings (SSSR count). The van der Waals surface area contributed by atoms with Gasteiger partial charge in [0, 0.05) is 30.8 Å². The molecule has 1 N–H and O–H groups in total. The normalized spacial score (nSPS) is 20.8. The molecule has 0 aliphatic carbocycles. The number of nitrogens with zero attached hydrogens (tertiary/aromatic N) is 5. The van der Waals surface area contributed by atoms with Crippen molar-refractivity contribution in [3.05, 3.63) is 53.0 Å². The first-order chi connectivity index (χ1) is 16.0. The monoisotopic (exact) mass is 448 g/mol. The van der Waals surface area contributed by atoms with Crippen molar-refractivity contribution < 1.29 is 14.4 Å². The van der Waals surface area contributed by atoms with Crippen LogP contribution in [0.25, 0.3) is 0 Å². The van der Waals surface area contributed by atoms with Crippen LogP contribution >= 0.6 is 0 Å². The van der Waals surface area contributed by atoms with Gasteiger partial charge in [0.25, 0.3) is 0 Å². The predicted molar refractivity (Wildman–Crippen MR) is 121 cm³/mol. The largest absolute Gasteiger partial charge is 0.336 e. The predicted octanol–water partition coefficient (Wildman–Crippen LogP) is 1.95. The van der Waals surface area contributed by atoms with Crippen molar-refractivity contribution in [1.82, 2.24) is 25.1 Å². The topological polar surface area (TPSA) is 98.7 Å². The number of nitrogens with one attached hydrogen (secondary N) is 1. The van der Waals surface area contributed by atoms with Gasteiger partial charge in [-0.3, -0.25) is 24.3 Å². The van der Waals surface area contributed by atoms with Crippen LogP contribution in [0.3, 0.4) is 0 Å². The fourth-order valence-electron chi connectivity index (χ4n) is 4.96. The summed E-state index contributed by atoms with van der Waals surface area (Å²) in [4.78, 5) is 52.3. The Morgan fingerprint density at radius 2 is 1.94 bits per heavy atom. The van der Waals surface area contributed by atoms with Gasteiger partial charge in [-0.1, -0.05) is 30.3 Å². The highest BCUT2D eigenvalue weighted by molar-refractivity contribution is 5.97. The van der Waals surface area contributed by atoms with Gasteiger partial charge in [-0.25, -0.2) is 14.8 Å². The molecule has 4 amide bonds. The minimum absolute atomic E-state index is 0.0638. The molecule has 33 heavy (non-hydrogen) atoms. The molecule has 0 radical (unpaired) electrons. The Hall–Kier alpha value is -3.33. The molecule has 2 fully saturated rings. The molecule has 172 valence electrons. The molecule has 0 unspecified atom stereocenters. The van der Waals surface area contributed by atoms with Crippen LogP contribution in [-0.4, -0.2) is 63.8 Å². The molecule has 2 saturated heterocycles. The first-order valence-electron chi connectivity index (χ1n) is 11.5. The maximum atomic E-state index is 12.9. The SMILES string of the molecule is Cc1nc([C@H]2CCCN2CC(=O)N2CCNC2=O)nc2c1CCC(=O)N2Cc1ccccc1. The van der Waals surface area contributed by atoms with E-state index < -0.39 is 0 Å². The minimum atomic E-state index is -0.327. The Morgan fingerprint density at radius 1 is 1.12 bits per heavy atom. The summed E-state index contributed by atoms with van der Waals surface area (Å²) in [5.41, 5.74) is 2.95. The number of carbonyl (C=O) groups excluding carboxylic acids is 3. The van der Waals surface area contributed by atoms with Gasteiger partial charge >= 0.3 is 6.03 Å². The summed E-state index contributed by atoms with van der Waals surface area (Å²) in [5, 5.41) is 2.67. The van der Waals surface area contributed by atoms with E-state index in [9.17, 15) is 14.4 Å². The smallest absolute Gasteiger partial charge is 0.324 e. The third-order valence-electron chi connectivity index (χ3n) is 6.70. The van der Waals surface area contributed by atoms with Crippen molar-refractivity contribution in [3.8, 4) is 0 Å². The number of benzene rings is 1. The van der Waals surface area contributed by atoms with E-state index in [1.54, 1.807) is 4.90 Å². The average Bonchev–Trinajstić information content (AvgIpc) is 3.45. The first-order valence-corrected chi connectivity index (χ1v) is 11.5. The quantitative estimate of drug-likeness (QED) is 0.751. The van der Waals surface area contributed by atoms with E-state index in [0.717, 1.165) is 36.2 Å². The zero-order valence-corrected chi connectivity index (χ0v) is 18.8. The van der Waals surface area contributed by atoms with Gasteiger partial charge in [-0.15, -0.1) is 0 Å². The summed E-state index contributed by atoms with van der Waals surface area (Å²) in [6.45, 7) is 4.24. The molecule has 3 aliphatic rings. The summed E-state index contributed by atoms with van der Waals surface area (Å²) >= 11 is 0. The standard InChI is InChI=1S/C24H28N6O3/c1-16-18-9-10-20(31)30(14-17-6-3-2-4-7-17)23(18)27-22(26-16)19-8-5-12-28(19)15-21(32)29-13-11-25-24(29)33/h2-4,6-7,19H,5,8-15H2,1H3,(H,25,33)/t19-/m1/s1. The van der Waals surface area contributed by atoms with Crippen molar-refractivity contribution in [2.24, 2.45) is 0 Å². The van der Waals surface area contributed by atoms with Crippen molar-refractivity contribution in [1.29, 1.82) is 0 Å². The first kappa shape index (κ1) is 21.5. The lowest BCUT2D eigenvalue weighted by molar-refractivity contribution is -0.129. The number of hydrogen-bond acceptors (Lipinski definition) is 6. The number of amides is 4. The second-order valence-corrected chi connectivity index (χ2v) is 8.84. The number of anilines is 1. The van der Waals surface area contributed by atoms with E-state index in [1.165, 1.54) is 4.90 Å². The van der Waals surface area contributed by atoms with Crippen molar-refractivity contribution in [2.75, 3.05) is 31.1 Å². The second kappa shape index (κ2) is 8.90. The van der Waals surface area contributed by atoms with Crippen LogP contribution in [0.1, 0.15) is 47.9 Å². The number of aromatic nitrogens is 2. The molecule has 4 heterocycles. The lowest BCUT2D eigenvalue weighted by Gasteiger charge is -2.31. The average molecular weight is 449 g/mol. The van der Waals surface area contributed by atoms with Crippen LogP contribution in [0.4, 0.5) is 10.6 Å². The molecule has 9 nitrogen and oxygen atoms in total. The lowest BCUT2D eigenvalue weighted by Crippen LogP contribution is -2.42. The number of fused-ring (bicyclic) bond motifs is 1. The van der Waals surface area contributed by atoms with E-state index in [0.29, 0.717) is 44.1 Å². The maximum Gasteiger partial charge on any atom is 0.324 e. The molecule has 9 heteroatoms. The fraction of sp³-hybridized carbons (Fsp3) is 0.458. The third kappa shape index (κ3) is 4.20. The van der Waals surface area contributed by atoms with Crippen LogP contribution in [0.5, 0.6) is 0 Å². The number of imide groups is 1. The minimum Gasteiger partial charge on any atom is -0.336 e. The summed E-state index contributed by atoms with van der Waals surface area (Å²) < 4.78 is 0. The van der Waals surface area contributed by atoms with Crippen LogP contribution in [0, 0.1) is 6.92 Å². The summed E-state index contributed by atoms with van der Waals surface area (Å²) in [5.74, 6) is 1.20. The van der Waals surface area contributed by atoms with E-state index in [-0.39, 0.29) is 30.4 Å². The Balaban J connectivity index is 1.42. The Morgan fingerprint density at radius 3 is 2.70 bits per heavy atom. The molecule has 1 aromatic heterocycles. The second-order valence-electron chi connectivity index (χ2n) is 8.84. The highest BCUT2D eigenvalue weighted by atomic mass is 16.2. The summed E-state index contributed by atoms with van der Waals surface area (Å²) in [6, 6.07) is 9.47. The van der Waals surface area contributed by atoms with Crippen molar-refractivity contribution >= 4 is 23.7 Å². The number of aryl methyl sites for hydroxylation is 1. The zero-order chi connectivity index (χ0) is 22.9. The highest BCUT2D eigenvalue weighted by Gasteiger charge is 2.35. The van der Waals surface area contributed by atoms with Crippen LogP contribution in [0.2, 0.25) is 0 Å². The number of rotatable bonds is 5. The summed E-state index contributed by atoms with van der Waals surface area (Å²) in [7, 11) is 0. The Bertz CT molecular complexity index is 1090. The summed E-state index contributed by atoms with van der Waals surface area (Å²) in [6.07, 6.45) is 2.86. The van der Waals surface area contributed by atoms with Gasteiger partial charge in [0.15, 0.2) is 0 Å². The van der Waals surface area contributed by atoms with E-state index in [4.69, 9.17) is 9.97 Å². The Labute approximate surface area is 192 Å². The Kier molecular flexibility index (Phi) is 5.80. The van der Waals surface area contributed by atoms with E-state index in [1.807, 2.05) is 37.3 Å². The van der Waals surface area contributed by atoms with Gasteiger partial charge in [-0.2, -0.15) is 0 Å². The number of hydrogen-bond donors (Lipinski definition) is 1. The fourth-order valence-corrected chi connectivity index (χ4v) is 4.96. The molecule has 2 aromatic rings. The van der Waals surface area contributed by atoms with Crippen LogP contribution in [-0.2, 0) is 22.6 Å². The number of likely N-dealkylation sites (tertiary alicyclic amines) is 1. The van der Waals surface area contributed by atoms with Gasteiger partial charge < -0.3 is 5.32 Å². The molecule has 0 saturated carbocycles. The molecular formula is C24H28N6O3. The van der Waals surface area contributed by atoms with E-state index >= 15 is 0 Å². The molecule has 3 aliphatic heterocycles. The molecular weight excluding hydrogens is 420 g/mol. The van der Waals surface area contributed by atoms with Crippen molar-refractivity contribution in [3.63, 3.8) is 0 Å². The molecule has 0 bridgehead atoms. The number of carbonyl (C=O) groups is 3. The lowest BCUT2D eigenvalue weighted by atomic mass is 10.0. The number of urea groups is 1. The van der Waals surface area contributed by atoms with Crippen LogP contribution < -0.4 is 10.2 Å². The third-order valence-corrected chi connectivity index (χ3v) is 6.70. The van der Waals surface area contributed by atoms with Crippen molar-refractivity contribution in [2.45, 2.75) is 45.2 Å². The van der Waals surface area contributed by atoms with Gasteiger partial charge in [0.1, 0.15) is 11.6 Å². The van der Waals surface area contributed by atoms with Gasteiger partial charge in [0.2, 0.25) is 11.8 Å². The highest BCUT2D eigenvalue weighted by Crippen LogP contribution is 2.35. The zero-order valence-electron chi connectivity index (χ0n) is 18.8. The van der Waals surface area contributed by atoms with E-state index in [2.05, 4.69) is 10.2 Å². The molecule has 0 spiro atoms. The van der Waals surface area contributed by atoms with Gasteiger partial charge in [-0.05, 0) is 38.3 Å². The maximum absolute atomic E-state index is 12.9. The molecule has 1 atom stereocenters. The van der Waals surface area contributed by atoms with Crippen LogP contribution in [0.15, 0.2) is 30.3 Å². The van der Waals surface area contributed by atoms with Gasteiger partial charge in [0.05, 0.1) is 19.1 Å². The molecule has 1 aromatic carbocycles.